The van der Waals surface area contributed by atoms with Crippen LogP contribution in [-0.2, 0) is 11.3 Å². The maximum atomic E-state index is 12.2. The van der Waals surface area contributed by atoms with Crippen molar-refractivity contribution in [2.24, 2.45) is 0 Å². The summed E-state index contributed by atoms with van der Waals surface area (Å²) in [7, 11) is 3.10. The van der Waals surface area contributed by atoms with Crippen LogP contribution in [0.4, 0.5) is 0 Å². The summed E-state index contributed by atoms with van der Waals surface area (Å²) in [5.74, 6) is 0.890. The molecule has 2 aromatic rings. The molecule has 0 saturated heterocycles. The molecule has 4 nitrogen and oxygen atoms in total. The van der Waals surface area contributed by atoms with Gasteiger partial charge in [-0.25, -0.2) is 0 Å². The van der Waals surface area contributed by atoms with Crippen LogP contribution in [0.1, 0.15) is 22.1 Å². The molecule has 0 spiro atoms. The predicted octanol–water partition coefficient (Wildman–Crippen LogP) is 3.61. The average molecular weight is 334 g/mol. The summed E-state index contributed by atoms with van der Waals surface area (Å²) < 4.78 is 10.4. The smallest absolute Gasteiger partial charge is 0.242 e. The van der Waals surface area contributed by atoms with Crippen LogP contribution in [0.3, 0.4) is 0 Å². The van der Waals surface area contributed by atoms with Gasteiger partial charge in [-0.2, -0.15) is 0 Å². The van der Waals surface area contributed by atoms with Gasteiger partial charge in [0.25, 0.3) is 0 Å². The van der Waals surface area contributed by atoms with Crippen molar-refractivity contribution >= 4 is 17.5 Å². The second-order valence-corrected chi connectivity index (χ2v) is 5.62. The first-order valence-corrected chi connectivity index (χ1v) is 7.68. The number of halogens is 1. The van der Waals surface area contributed by atoms with E-state index < -0.39 is 5.38 Å². The summed E-state index contributed by atoms with van der Waals surface area (Å²) in [4.78, 5) is 12.2. The topological polar surface area (TPSA) is 47.6 Å². The summed E-state index contributed by atoms with van der Waals surface area (Å²) in [6.45, 7) is 2.46. The first-order valence-electron chi connectivity index (χ1n) is 7.24. The first-order chi connectivity index (χ1) is 11.0. The number of benzene rings is 2. The second-order valence-electron chi connectivity index (χ2n) is 5.18. The number of rotatable bonds is 6. The SMILES string of the molecule is COc1ccc(C(Cl)C(=O)NCc2ccc(C)cc2)cc1OC. The Balaban J connectivity index is 2.03. The van der Waals surface area contributed by atoms with Crippen LogP contribution in [0.5, 0.6) is 11.5 Å². The lowest BCUT2D eigenvalue weighted by Gasteiger charge is -2.14. The van der Waals surface area contributed by atoms with Crippen LogP contribution >= 0.6 is 11.6 Å². The number of carbonyl (C=O) groups excluding carboxylic acids is 1. The minimum Gasteiger partial charge on any atom is -0.493 e. The lowest BCUT2D eigenvalue weighted by atomic mass is 10.1. The number of aryl methyl sites for hydroxylation is 1. The summed E-state index contributed by atoms with van der Waals surface area (Å²) in [6, 6.07) is 13.2. The molecule has 0 bridgehead atoms. The fourth-order valence-electron chi connectivity index (χ4n) is 2.15. The van der Waals surface area contributed by atoms with E-state index in [2.05, 4.69) is 5.32 Å². The number of methoxy groups -OCH3 is 2. The minimum absolute atomic E-state index is 0.250. The molecule has 2 aromatic carbocycles. The Labute approximate surface area is 141 Å². The van der Waals surface area contributed by atoms with E-state index in [-0.39, 0.29) is 5.91 Å². The summed E-state index contributed by atoms with van der Waals surface area (Å²) >= 11 is 6.26. The minimum atomic E-state index is -0.791. The third kappa shape index (κ3) is 4.39. The lowest BCUT2D eigenvalue weighted by Crippen LogP contribution is -2.26. The maximum Gasteiger partial charge on any atom is 0.242 e. The summed E-state index contributed by atoms with van der Waals surface area (Å²) in [6.07, 6.45) is 0. The van der Waals surface area contributed by atoms with Gasteiger partial charge in [-0.05, 0) is 30.2 Å². The van der Waals surface area contributed by atoms with Crippen molar-refractivity contribution in [1.29, 1.82) is 0 Å². The van der Waals surface area contributed by atoms with Gasteiger partial charge in [0.1, 0.15) is 5.38 Å². The van der Waals surface area contributed by atoms with Crippen molar-refractivity contribution in [2.45, 2.75) is 18.8 Å². The van der Waals surface area contributed by atoms with E-state index in [1.807, 2.05) is 31.2 Å². The van der Waals surface area contributed by atoms with Gasteiger partial charge >= 0.3 is 0 Å². The molecule has 2 rings (SSSR count). The molecule has 1 N–H and O–H groups in total. The van der Waals surface area contributed by atoms with Crippen LogP contribution in [0.15, 0.2) is 42.5 Å². The quantitative estimate of drug-likeness (QED) is 0.821. The molecule has 1 unspecified atom stereocenters. The zero-order valence-electron chi connectivity index (χ0n) is 13.4. The van der Waals surface area contributed by atoms with E-state index in [9.17, 15) is 4.79 Å². The Bertz CT molecular complexity index is 670. The zero-order valence-corrected chi connectivity index (χ0v) is 14.2. The molecule has 23 heavy (non-hydrogen) atoms. The number of amides is 1. The van der Waals surface area contributed by atoms with Gasteiger partial charge in [-0.3, -0.25) is 4.79 Å². The summed E-state index contributed by atoms with van der Waals surface area (Å²) in [5.41, 5.74) is 2.87. The first kappa shape index (κ1) is 17.2. The normalized spacial score (nSPS) is 11.7. The highest BCUT2D eigenvalue weighted by molar-refractivity contribution is 6.30. The molecular weight excluding hydrogens is 314 g/mol. The van der Waals surface area contributed by atoms with E-state index in [0.717, 1.165) is 5.56 Å². The molecule has 0 aliphatic rings. The van der Waals surface area contributed by atoms with Crippen molar-refractivity contribution in [3.63, 3.8) is 0 Å². The van der Waals surface area contributed by atoms with E-state index in [1.165, 1.54) is 5.56 Å². The molecule has 0 aliphatic heterocycles. The molecule has 0 saturated carbocycles. The molecule has 0 fully saturated rings. The fourth-order valence-corrected chi connectivity index (χ4v) is 2.36. The number of nitrogens with one attached hydrogen (secondary N) is 1. The Morgan fingerprint density at radius 2 is 1.74 bits per heavy atom. The Morgan fingerprint density at radius 3 is 2.35 bits per heavy atom. The molecule has 1 atom stereocenters. The maximum absolute atomic E-state index is 12.2. The van der Waals surface area contributed by atoms with E-state index in [1.54, 1.807) is 32.4 Å². The van der Waals surface area contributed by atoms with Crippen LogP contribution in [-0.4, -0.2) is 20.1 Å². The molecule has 0 heterocycles. The largest absolute Gasteiger partial charge is 0.493 e. The lowest BCUT2D eigenvalue weighted by molar-refractivity contribution is -0.121. The van der Waals surface area contributed by atoms with E-state index >= 15 is 0 Å². The zero-order chi connectivity index (χ0) is 16.8. The monoisotopic (exact) mass is 333 g/mol. The second kappa shape index (κ2) is 7.88. The highest BCUT2D eigenvalue weighted by atomic mass is 35.5. The van der Waals surface area contributed by atoms with Crippen LogP contribution < -0.4 is 14.8 Å². The Kier molecular flexibility index (Phi) is 5.88. The Morgan fingerprint density at radius 1 is 1.09 bits per heavy atom. The molecule has 5 heteroatoms. The van der Waals surface area contributed by atoms with Gasteiger partial charge in [0.05, 0.1) is 14.2 Å². The van der Waals surface area contributed by atoms with E-state index in [0.29, 0.717) is 23.6 Å². The highest BCUT2D eigenvalue weighted by Gasteiger charge is 2.19. The Hall–Kier alpha value is -2.20. The van der Waals surface area contributed by atoms with Gasteiger partial charge in [0.2, 0.25) is 5.91 Å². The standard InChI is InChI=1S/C18H20ClNO3/c1-12-4-6-13(7-5-12)11-20-18(21)17(19)14-8-9-15(22-2)16(10-14)23-3/h4-10,17H,11H2,1-3H3,(H,20,21). The molecule has 122 valence electrons. The number of ether oxygens (including phenoxy) is 2. The van der Waals surface area contributed by atoms with Gasteiger partial charge < -0.3 is 14.8 Å². The van der Waals surface area contributed by atoms with Gasteiger partial charge in [-0.1, -0.05) is 35.9 Å². The van der Waals surface area contributed by atoms with Crippen molar-refractivity contribution in [3.8, 4) is 11.5 Å². The van der Waals surface area contributed by atoms with Crippen molar-refractivity contribution in [2.75, 3.05) is 14.2 Å². The number of hydrogen-bond acceptors (Lipinski definition) is 3. The molecular formula is C18H20ClNO3. The average Bonchev–Trinajstić information content (AvgIpc) is 2.59. The third-order valence-corrected chi connectivity index (χ3v) is 3.97. The van der Waals surface area contributed by atoms with Gasteiger partial charge in [0, 0.05) is 6.54 Å². The van der Waals surface area contributed by atoms with Crippen LogP contribution in [0, 0.1) is 6.92 Å². The number of carbonyl (C=O) groups is 1. The van der Waals surface area contributed by atoms with Crippen molar-refractivity contribution < 1.29 is 14.3 Å². The van der Waals surface area contributed by atoms with Crippen LogP contribution in [0.2, 0.25) is 0 Å². The van der Waals surface area contributed by atoms with Gasteiger partial charge in [0.15, 0.2) is 11.5 Å². The molecule has 0 radical (unpaired) electrons. The number of hydrogen-bond donors (Lipinski definition) is 1. The molecule has 0 aliphatic carbocycles. The van der Waals surface area contributed by atoms with Crippen molar-refractivity contribution in [3.05, 3.63) is 59.2 Å². The molecule has 1 amide bonds. The van der Waals surface area contributed by atoms with E-state index in [4.69, 9.17) is 21.1 Å². The predicted molar refractivity (Wildman–Crippen MR) is 91.2 cm³/mol. The summed E-state index contributed by atoms with van der Waals surface area (Å²) in [5, 5.41) is 2.05. The third-order valence-electron chi connectivity index (χ3n) is 3.52. The highest BCUT2D eigenvalue weighted by Crippen LogP contribution is 2.32. The number of alkyl halides is 1. The molecule has 0 aromatic heterocycles. The fraction of sp³-hybridized carbons (Fsp3) is 0.278. The van der Waals surface area contributed by atoms with Crippen molar-refractivity contribution in [1.82, 2.24) is 5.32 Å². The van der Waals surface area contributed by atoms with Crippen LogP contribution in [0.25, 0.3) is 0 Å². The van der Waals surface area contributed by atoms with Gasteiger partial charge in [-0.15, -0.1) is 11.6 Å².